The minimum absolute atomic E-state index is 0.0942. The van der Waals surface area contributed by atoms with Gasteiger partial charge in [0.1, 0.15) is 28.4 Å². The molecule has 0 bridgehead atoms. The van der Waals surface area contributed by atoms with Crippen molar-refractivity contribution in [1.82, 2.24) is 25.1 Å². The monoisotopic (exact) mass is 562 g/mol. The Kier molecular flexibility index (Phi) is 7.21. The Hall–Kier alpha value is -3.35. The van der Waals surface area contributed by atoms with Crippen LogP contribution < -0.4 is 9.46 Å². The lowest BCUT2D eigenvalue weighted by atomic mass is 10.1. The highest BCUT2D eigenvalue weighted by molar-refractivity contribution is 7.92. The molecule has 0 unspecified atom stereocenters. The Bertz CT molecular complexity index is 1580. The Morgan fingerprint density at radius 2 is 1.97 bits per heavy atom. The molecule has 9 nitrogen and oxygen atoms in total. The SMILES string of the molecule is CCN1CC[C@@H](Oc2nc(-c3ccc(NS(=O)(=O)c4cc(Cl)ccc4F)cc3)nc3[nH]nc(C)c23)[C@@H](F)C1. The van der Waals surface area contributed by atoms with Crippen molar-refractivity contribution in [2.24, 2.45) is 0 Å². The number of benzene rings is 2. The summed E-state index contributed by atoms with van der Waals surface area (Å²) in [5.41, 5.74) is 1.82. The van der Waals surface area contributed by atoms with Crippen LogP contribution in [0, 0.1) is 12.7 Å². The number of aromatic amines is 1. The molecule has 4 aromatic rings. The van der Waals surface area contributed by atoms with Gasteiger partial charge in [-0.3, -0.25) is 9.82 Å². The van der Waals surface area contributed by atoms with Crippen LogP contribution in [0.1, 0.15) is 19.0 Å². The molecule has 2 atom stereocenters. The van der Waals surface area contributed by atoms with E-state index in [0.717, 1.165) is 25.2 Å². The van der Waals surface area contributed by atoms with Crippen LogP contribution in [0.4, 0.5) is 14.5 Å². The highest BCUT2D eigenvalue weighted by Gasteiger charge is 2.31. The summed E-state index contributed by atoms with van der Waals surface area (Å²) in [6.45, 7) is 5.57. The van der Waals surface area contributed by atoms with Crippen LogP contribution in [0.3, 0.4) is 0 Å². The first kappa shape index (κ1) is 26.3. The largest absolute Gasteiger partial charge is 0.471 e. The van der Waals surface area contributed by atoms with Gasteiger partial charge in [-0.25, -0.2) is 22.2 Å². The van der Waals surface area contributed by atoms with E-state index < -0.39 is 33.0 Å². The van der Waals surface area contributed by atoms with Gasteiger partial charge in [-0.15, -0.1) is 0 Å². The van der Waals surface area contributed by atoms with Gasteiger partial charge < -0.3 is 9.64 Å². The zero-order valence-electron chi connectivity index (χ0n) is 20.6. The van der Waals surface area contributed by atoms with E-state index in [-0.39, 0.29) is 22.4 Å². The summed E-state index contributed by atoms with van der Waals surface area (Å²) in [5, 5.41) is 7.72. The second kappa shape index (κ2) is 10.4. The molecule has 3 heterocycles. The first-order chi connectivity index (χ1) is 18.1. The maximum Gasteiger partial charge on any atom is 0.264 e. The van der Waals surface area contributed by atoms with Gasteiger partial charge in [-0.2, -0.15) is 10.1 Å². The summed E-state index contributed by atoms with van der Waals surface area (Å²) >= 11 is 5.84. The van der Waals surface area contributed by atoms with E-state index in [9.17, 15) is 17.2 Å². The van der Waals surface area contributed by atoms with Gasteiger partial charge in [-0.1, -0.05) is 18.5 Å². The number of halogens is 3. The second-order valence-electron chi connectivity index (χ2n) is 9.00. The standard InChI is InChI=1S/C25H25ClF2N6O3S/c1-3-34-11-10-20(19(28)13-34)37-25-22-14(2)31-32-24(22)29-23(30-25)15-4-7-17(8-5-15)33-38(35,36)21-12-16(26)6-9-18(21)27/h4-9,12,19-20,33H,3,10-11,13H2,1-2H3,(H,29,30,31,32)/t19-,20+/m0/s1. The summed E-state index contributed by atoms with van der Waals surface area (Å²) in [5.74, 6) is -0.401. The number of nitrogens with one attached hydrogen (secondary N) is 2. The van der Waals surface area contributed by atoms with Gasteiger partial charge in [-0.05, 0) is 62.4 Å². The molecule has 0 saturated carbocycles. The topological polar surface area (TPSA) is 113 Å². The van der Waals surface area contributed by atoms with Gasteiger partial charge in [0.05, 0.1) is 5.69 Å². The number of ether oxygens (including phenoxy) is 1. The molecule has 1 saturated heterocycles. The van der Waals surface area contributed by atoms with Crippen LogP contribution in [0.2, 0.25) is 5.02 Å². The smallest absolute Gasteiger partial charge is 0.264 e. The molecule has 1 aliphatic heterocycles. The average molecular weight is 563 g/mol. The maximum absolute atomic E-state index is 14.8. The Labute approximate surface area is 223 Å². The number of H-pyrrole nitrogens is 1. The third-order valence-electron chi connectivity index (χ3n) is 6.42. The van der Waals surface area contributed by atoms with E-state index in [1.807, 2.05) is 11.8 Å². The van der Waals surface area contributed by atoms with Crippen molar-refractivity contribution >= 4 is 38.3 Å². The van der Waals surface area contributed by atoms with Crippen molar-refractivity contribution in [3.8, 4) is 17.3 Å². The molecule has 0 amide bonds. The molecule has 2 aromatic carbocycles. The zero-order valence-corrected chi connectivity index (χ0v) is 22.2. The molecule has 0 spiro atoms. The average Bonchev–Trinajstić information content (AvgIpc) is 3.27. The molecule has 38 heavy (non-hydrogen) atoms. The van der Waals surface area contributed by atoms with Crippen LogP contribution in [0.25, 0.3) is 22.4 Å². The van der Waals surface area contributed by atoms with E-state index >= 15 is 0 Å². The van der Waals surface area contributed by atoms with E-state index in [2.05, 4.69) is 24.9 Å². The highest BCUT2D eigenvalue weighted by atomic mass is 35.5. The van der Waals surface area contributed by atoms with E-state index in [1.165, 1.54) is 18.2 Å². The number of nitrogens with zero attached hydrogens (tertiary/aromatic N) is 4. The predicted octanol–water partition coefficient (Wildman–Crippen LogP) is 4.73. The van der Waals surface area contributed by atoms with Crippen LogP contribution in [0.15, 0.2) is 47.4 Å². The molecule has 2 N–H and O–H groups in total. The number of anilines is 1. The fraction of sp³-hybridized carbons (Fsp3) is 0.320. The molecular weight excluding hydrogens is 538 g/mol. The predicted molar refractivity (Wildman–Crippen MR) is 140 cm³/mol. The number of aromatic nitrogens is 4. The van der Waals surface area contributed by atoms with Crippen LogP contribution in [0.5, 0.6) is 5.88 Å². The summed E-state index contributed by atoms with van der Waals surface area (Å²) in [6.07, 6.45) is -1.29. The minimum Gasteiger partial charge on any atom is -0.471 e. The molecule has 1 aliphatic rings. The number of rotatable bonds is 7. The molecule has 13 heteroatoms. The van der Waals surface area contributed by atoms with Gasteiger partial charge >= 0.3 is 0 Å². The van der Waals surface area contributed by atoms with Crippen LogP contribution in [-0.4, -0.2) is 65.4 Å². The van der Waals surface area contributed by atoms with Crippen LogP contribution in [-0.2, 0) is 10.0 Å². The van der Waals surface area contributed by atoms with Gasteiger partial charge in [0.15, 0.2) is 11.5 Å². The summed E-state index contributed by atoms with van der Waals surface area (Å²) in [7, 11) is -4.22. The molecule has 200 valence electrons. The van der Waals surface area contributed by atoms with E-state index in [1.54, 1.807) is 19.1 Å². The molecule has 0 radical (unpaired) electrons. The molecule has 5 rings (SSSR count). The van der Waals surface area contributed by atoms with E-state index in [0.29, 0.717) is 35.3 Å². The maximum atomic E-state index is 14.8. The third kappa shape index (κ3) is 5.29. The quantitative estimate of drug-likeness (QED) is 0.335. The number of piperidine rings is 1. The lowest BCUT2D eigenvalue weighted by molar-refractivity contribution is 0.0224. The summed E-state index contributed by atoms with van der Waals surface area (Å²) in [6, 6.07) is 9.51. The molecular formula is C25H25ClF2N6O3S. The second-order valence-corrected chi connectivity index (χ2v) is 11.1. The lowest BCUT2D eigenvalue weighted by Gasteiger charge is -2.33. The summed E-state index contributed by atoms with van der Waals surface area (Å²) < 4.78 is 62.7. The number of sulfonamides is 1. The fourth-order valence-corrected chi connectivity index (χ4v) is 5.74. The van der Waals surface area contributed by atoms with Gasteiger partial charge in [0.25, 0.3) is 10.0 Å². The van der Waals surface area contributed by atoms with Crippen molar-refractivity contribution in [3.63, 3.8) is 0 Å². The van der Waals surface area contributed by atoms with Crippen molar-refractivity contribution in [3.05, 3.63) is 59.0 Å². The fourth-order valence-electron chi connectivity index (χ4n) is 4.34. The Morgan fingerprint density at radius 3 is 2.68 bits per heavy atom. The van der Waals surface area contributed by atoms with Crippen LogP contribution >= 0.6 is 11.6 Å². The molecule has 1 fully saturated rings. The van der Waals surface area contributed by atoms with Gasteiger partial charge in [0, 0.05) is 29.4 Å². The number of alkyl halides is 1. The zero-order chi connectivity index (χ0) is 27.0. The normalized spacial score (nSPS) is 18.6. The van der Waals surface area contributed by atoms with E-state index in [4.69, 9.17) is 16.3 Å². The number of fused-ring (bicyclic) bond motifs is 1. The van der Waals surface area contributed by atoms with Crippen molar-refractivity contribution in [2.45, 2.75) is 37.4 Å². The first-order valence-corrected chi connectivity index (χ1v) is 13.8. The number of likely N-dealkylation sites (tertiary alicyclic amines) is 1. The van der Waals surface area contributed by atoms with Crippen molar-refractivity contribution in [1.29, 1.82) is 0 Å². The van der Waals surface area contributed by atoms with Gasteiger partial charge in [0.2, 0.25) is 5.88 Å². The Balaban J connectivity index is 1.41. The third-order valence-corrected chi connectivity index (χ3v) is 8.05. The summed E-state index contributed by atoms with van der Waals surface area (Å²) in [4.78, 5) is 10.6. The molecule has 2 aromatic heterocycles. The lowest BCUT2D eigenvalue weighted by Crippen LogP contribution is -2.46. The number of hydrogen-bond donors (Lipinski definition) is 2. The molecule has 0 aliphatic carbocycles. The Morgan fingerprint density at radius 1 is 1.21 bits per heavy atom. The number of aryl methyl sites for hydroxylation is 1. The first-order valence-electron chi connectivity index (χ1n) is 12.0. The number of hydrogen-bond acceptors (Lipinski definition) is 7. The minimum atomic E-state index is -4.22. The highest BCUT2D eigenvalue weighted by Crippen LogP contribution is 2.31. The van der Waals surface area contributed by atoms with Crippen molar-refractivity contribution < 1.29 is 21.9 Å². The van der Waals surface area contributed by atoms with Crippen molar-refractivity contribution in [2.75, 3.05) is 24.4 Å².